The maximum Gasteiger partial charge on any atom is 0.326 e. The molecule has 0 saturated carbocycles. The molecule has 0 spiro atoms. The van der Waals surface area contributed by atoms with E-state index in [2.05, 4.69) is 4.98 Å². The van der Waals surface area contributed by atoms with Crippen molar-refractivity contribution in [2.45, 2.75) is 13.5 Å². The van der Waals surface area contributed by atoms with E-state index in [1.54, 1.807) is 0 Å². The predicted octanol–water partition coefficient (Wildman–Crippen LogP) is 3.33. The minimum absolute atomic E-state index is 0.0147. The molecule has 0 bridgehead atoms. The fourth-order valence-electron chi connectivity index (χ4n) is 2.13. The third-order valence-corrected chi connectivity index (χ3v) is 5.23. The van der Waals surface area contributed by atoms with E-state index in [-0.39, 0.29) is 18.4 Å². The summed E-state index contributed by atoms with van der Waals surface area (Å²) in [7, 11) is 0. The lowest BCUT2D eigenvalue weighted by Gasteiger charge is -2.12. The third-order valence-electron chi connectivity index (χ3n) is 3.40. The zero-order valence-corrected chi connectivity index (χ0v) is 14.3. The van der Waals surface area contributed by atoms with E-state index in [1.807, 2.05) is 36.6 Å². The molecule has 23 heavy (non-hydrogen) atoms. The first-order valence-electron chi connectivity index (χ1n) is 7.20. The Morgan fingerprint density at radius 3 is 2.83 bits per heavy atom. The summed E-state index contributed by atoms with van der Waals surface area (Å²) in [4.78, 5) is 29.2. The van der Waals surface area contributed by atoms with Crippen LogP contribution in [0.1, 0.15) is 11.3 Å². The molecule has 3 rings (SSSR count). The summed E-state index contributed by atoms with van der Waals surface area (Å²) in [6, 6.07) is 8.14. The van der Waals surface area contributed by atoms with Crippen LogP contribution in [0.15, 0.2) is 29.6 Å². The van der Waals surface area contributed by atoms with E-state index in [0.717, 1.165) is 22.0 Å². The Morgan fingerprint density at radius 2 is 2.13 bits per heavy atom. The quantitative estimate of drug-likeness (QED) is 0.776. The molecule has 7 heteroatoms. The van der Waals surface area contributed by atoms with Crippen LogP contribution in [-0.4, -0.2) is 39.9 Å². The Kier molecular flexibility index (Phi) is 4.97. The van der Waals surface area contributed by atoms with E-state index < -0.39 is 5.97 Å². The molecule has 1 aromatic heterocycles. The maximum absolute atomic E-state index is 11.8. The molecule has 0 atom stereocenters. The van der Waals surface area contributed by atoms with Crippen molar-refractivity contribution in [3.05, 3.63) is 40.9 Å². The van der Waals surface area contributed by atoms with E-state index in [9.17, 15) is 9.59 Å². The van der Waals surface area contributed by atoms with E-state index in [4.69, 9.17) is 4.74 Å². The largest absolute Gasteiger partial charge is 0.458 e. The summed E-state index contributed by atoms with van der Waals surface area (Å²) in [5, 5.41) is 2.73. The van der Waals surface area contributed by atoms with Crippen molar-refractivity contribution in [2.24, 2.45) is 0 Å². The number of aryl methyl sites for hydroxylation is 1. The molecule has 1 amide bonds. The molecule has 1 aromatic carbocycles. The van der Waals surface area contributed by atoms with Gasteiger partial charge in [-0.3, -0.25) is 9.59 Å². The van der Waals surface area contributed by atoms with Gasteiger partial charge in [0, 0.05) is 23.2 Å². The molecule has 120 valence electrons. The van der Waals surface area contributed by atoms with Gasteiger partial charge in [0.15, 0.2) is 0 Å². The van der Waals surface area contributed by atoms with Crippen LogP contribution in [0.2, 0.25) is 0 Å². The SMILES string of the molecule is Cc1ccc(-c2nc(COC(=O)CN3CCSC3=O)cs2)cc1. The van der Waals surface area contributed by atoms with Crippen LogP contribution in [0.25, 0.3) is 10.6 Å². The predicted molar refractivity (Wildman–Crippen MR) is 91.5 cm³/mol. The number of ether oxygens (including phenoxy) is 1. The lowest BCUT2D eigenvalue weighted by Crippen LogP contribution is -2.30. The van der Waals surface area contributed by atoms with Gasteiger partial charge in [-0.1, -0.05) is 41.6 Å². The lowest BCUT2D eigenvalue weighted by atomic mass is 10.2. The van der Waals surface area contributed by atoms with Gasteiger partial charge in [-0.15, -0.1) is 11.3 Å². The zero-order valence-electron chi connectivity index (χ0n) is 12.7. The number of thioether (sulfide) groups is 1. The Balaban J connectivity index is 1.53. The van der Waals surface area contributed by atoms with E-state index in [1.165, 1.54) is 33.6 Å². The lowest BCUT2D eigenvalue weighted by molar-refractivity contribution is -0.145. The minimum Gasteiger partial charge on any atom is -0.458 e. The topological polar surface area (TPSA) is 59.5 Å². The number of thiazole rings is 1. The standard InChI is InChI=1S/C16H16N2O3S2/c1-11-2-4-12(5-3-11)15-17-13(10-23-15)9-21-14(19)8-18-6-7-22-16(18)20/h2-5,10H,6-9H2,1H3. The molecular weight excluding hydrogens is 332 g/mol. The Morgan fingerprint density at radius 1 is 1.35 bits per heavy atom. The Hall–Kier alpha value is -1.86. The summed E-state index contributed by atoms with van der Waals surface area (Å²) in [5.41, 5.74) is 2.98. The van der Waals surface area contributed by atoms with Crippen LogP contribution in [0.5, 0.6) is 0 Å². The van der Waals surface area contributed by atoms with Gasteiger partial charge < -0.3 is 9.64 Å². The molecule has 5 nitrogen and oxygen atoms in total. The second kappa shape index (κ2) is 7.14. The van der Waals surface area contributed by atoms with Gasteiger partial charge in [0.05, 0.1) is 5.69 Å². The molecule has 1 saturated heterocycles. The second-order valence-corrected chi connectivity index (χ2v) is 7.11. The van der Waals surface area contributed by atoms with Crippen molar-refractivity contribution in [2.75, 3.05) is 18.8 Å². The monoisotopic (exact) mass is 348 g/mol. The highest BCUT2D eigenvalue weighted by atomic mass is 32.2. The number of rotatable bonds is 5. The summed E-state index contributed by atoms with van der Waals surface area (Å²) >= 11 is 2.76. The summed E-state index contributed by atoms with van der Waals surface area (Å²) in [6.07, 6.45) is 0. The van der Waals surface area contributed by atoms with Crippen molar-refractivity contribution >= 4 is 34.3 Å². The normalized spacial score (nSPS) is 14.3. The number of aromatic nitrogens is 1. The van der Waals surface area contributed by atoms with E-state index >= 15 is 0 Å². The van der Waals surface area contributed by atoms with Crippen LogP contribution >= 0.6 is 23.1 Å². The average molecular weight is 348 g/mol. The Labute approximate surface area is 142 Å². The molecule has 0 radical (unpaired) electrons. The fraction of sp³-hybridized carbons (Fsp3) is 0.312. The number of carbonyl (C=O) groups is 2. The highest BCUT2D eigenvalue weighted by molar-refractivity contribution is 8.13. The number of amides is 1. The maximum atomic E-state index is 11.8. The Bertz CT molecular complexity index is 712. The number of benzene rings is 1. The smallest absolute Gasteiger partial charge is 0.326 e. The van der Waals surface area contributed by atoms with Crippen LogP contribution in [0.4, 0.5) is 4.79 Å². The van der Waals surface area contributed by atoms with Gasteiger partial charge in [0.2, 0.25) is 0 Å². The highest BCUT2D eigenvalue weighted by Gasteiger charge is 2.23. The van der Waals surface area contributed by atoms with Gasteiger partial charge in [-0.05, 0) is 6.92 Å². The number of hydrogen-bond acceptors (Lipinski definition) is 6. The molecule has 1 fully saturated rings. The van der Waals surface area contributed by atoms with Crippen LogP contribution < -0.4 is 0 Å². The summed E-state index contributed by atoms with van der Waals surface area (Å²) in [6.45, 7) is 2.80. The number of hydrogen-bond donors (Lipinski definition) is 0. The highest BCUT2D eigenvalue weighted by Crippen LogP contribution is 2.24. The third kappa shape index (κ3) is 4.11. The second-order valence-electron chi connectivity index (χ2n) is 5.21. The number of carbonyl (C=O) groups excluding carboxylic acids is 2. The van der Waals surface area contributed by atoms with E-state index in [0.29, 0.717) is 6.54 Å². The molecule has 2 heterocycles. The van der Waals surface area contributed by atoms with Crippen molar-refractivity contribution in [3.63, 3.8) is 0 Å². The zero-order chi connectivity index (χ0) is 16.2. The molecular formula is C16H16N2O3S2. The number of esters is 1. The number of nitrogens with zero attached hydrogens (tertiary/aromatic N) is 2. The molecule has 0 aliphatic carbocycles. The van der Waals surface area contributed by atoms with Gasteiger partial charge in [0.25, 0.3) is 5.24 Å². The van der Waals surface area contributed by atoms with Crippen LogP contribution in [0.3, 0.4) is 0 Å². The van der Waals surface area contributed by atoms with Crippen molar-refractivity contribution in [3.8, 4) is 10.6 Å². The molecule has 2 aromatic rings. The van der Waals surface area contributed by atoms with Crippen LogP contribution in [-0.2, 0) is 16.1 Å². The van der Waals surface area contributed by atoms with Crippen LogP contribution in [0, 0.1) is 6.92 Å². The molecule has 1 aliphatic rings. The minimum atomic E-state index is -0.397. The molecule has 1 aliphatic heterocycles. The summed E-state index contributed by atoms with van der Waals surface area (Å²) in [5.74, 6) is 0.337. The first kappa shape index (κ1) is 16.0. The van der Waals surface area contributed by atoms with Crippen molar-refractivity contribution in [1.29, 1.82) is 0 Å². The molecule has 0 N–H and O–H groups in total. The van der Waals surface area contributed by atoms with Crippen molar-refractivity contribution < 1.29 is 14.3 Å². The first-order chi connectivity index (χ1) is 11.1. The fourth-order valence-corrected chi connectivity index (χ4v) is 3.76. The summed E-state index contributed by atoms with van der Waals surface area (Å²) < 4.78 is 5.21. The van der Waals surface area contributed by atoms with Gasteiger partial charge in [-0.2, -0.15) is 0 Å². The average Bonchev–Trinajstić information content (AvgIpc) is 3.16. The van der Waals surface area contributed by atoms with Gasteiger partial charge in [0.1, 0.15) is 18.2 Å². The first-order valence-corrected chi connectivity index (χ1v) is 9.07. The van der Waals surface area contributed by atoms with Gasteiger partial charge in [-0.25, -0.2) is 4.98 Å². The molecule has 0 unspecified atom stereocenters. The van der Waals surface area contributed by atoms with Gasteiger partial charge >= 0.3 is 5.97 Å². The van der Waals surface area contributed by atoms with Crippen molar-refractivity contribution in [1.82, 2.24) is 9.88 Å².